The molecule has 0 amide bonds. The zero-order valence-electron chi connectivity index (χ0n) is 20.4. The standard InChI is InChI=1S/C31H24BrF2NO3/c32-24-16-29(30(35-17-24)37-18-20-7-11-25(33)12-8-20)28-6-2-5-27(28)22-3-1-4-23(15-22)31(36)38-19-21-9-13-26(34)14-10-21/h1,3-4,7-17H,2,5-6,18-19H2. The first-order chi connectivity index (χ1) is 18.5. The molecule has 0 N–H and O–H groups in total. The van der Waals surface area contributed by atoms with E-state index in [9.17, 15) is 13.6 Å². The molecule has 1 aliphatic rings. The minimum atomic E-state index is -0.441. The van der Waals surface area contributed by atoms with Crippen LogP contribution in [0.25, 0.3) is 11.1 Å². The second-order valence-electron chi connectivity index (χ2n) is 9.02. The molecule has 3 aromatic carbocycles. The van der Waals surface area contributed by atoms with E-state index in [1.54, 1.807) is 36.5 Å². The first kappa shape index (κ1) is 25.8. The van der Waals surface area contributed by atoms with E-state index in [-0.39, 0.29) is 24.8 Å². The molecule has 0 fully saturated rings. The van der Waals surface area contributed by atoms with E-state index < -0.39 is 5.97 Å². The number of nitrogens with zero attached hydrogens (tertiary/aromatic N) is 1. The van der Waals surface area contributed by atoms with Crippen LogP contribution in [0.2, 0.25) is 0 Å². The van der Waals surface area contributed by atoms with E-state index in [1.807, 2.05) is 24.3 Å². The number of benzene rings is 3. The number of aromatic nitrogens is 1. The molecule has 5 rings (SSSR count). The SMILES string of the molecule is O=C(OCc1ccc(F)cc1)c1cccc(C2=C(c3cc(Br)cnc3OCc3ccc(F)cc3)CCC2)c1. The summed E-state index contributed by atoms with van der Waals surface area (Å²) >= 11 is 3.53. The minimum Gasteiger partial charge on any atom is -0.472 e. The fraction of sp³-hybridized carbons (Fsp3) is 0.161. The summed E-state index contributed by atoms with van der Waals surface area (Å²) in [4.78, 5) is 17.3. The van der Waals surface area contributed by atoms with Gasteiger partial charge < -0.3 is 9.47 Å². The van der Waals surface area contributed by atoms with Crippen molar-refractivity contribution in [1.82, 2.24) is 4.98 Å². The van der Waals surface area contributed by atoms with Crippen molar-refractivity contribution in [3.63, 3.8) is 0 Å². The lowest BCUT2D eigenvalue weighted by molar-refractivity contribution is 0.0472. The molecule has 38 heavy (non-hydrogen) atoms. The number of hydrogen-bond acceptors (Lipinski definition) is 4. The summed E-state index contributed by atoms with van der Waals surface area (Å²) in [7, 11) is 0. The zero-order valence-corrected chi connectivity index (χ0v) is 22.0. The van der Waals surface area contributed by atoms with Crippen LogP contribution in [0.5, 0.6) is 5.88 Å². The van der Waals surface area contributed by atoms with Crippen LogP contribution in [0.15, 0.2) is 89.5 Å². The first-order valence-corrected chi connectivity index (χ1v) is 13.0. The second kappa shape index (κ2) is 11.7. The number of halogens is 3. The molecule has 0 spiro atoms. The molecule has 1 aromatic heterocycles. The maximum atomic E-state index is 13.3. The molecule has 0 saturated heterocycles. The zero-order chi connectivity index (χ0) is 26.5. The minimum absolute atomic E-state index is 0.0652. The highest BCUT2D eigenvalue weighted by molar-refractivity contribution is 9.10. The van der Waals surface area contributed by atoms with E-state index in [2.05, 4.69) is 20.9 Å². The van der Waals surface area contributed by atoms with Crippen LogP contribution in [0.1, 0.15) is 51.9 Å². The van der Waals surface area contributed by atoms with Crippen LogP contribution < -0.4 is 4.74 Å². The van der Waals surface area contributed by atoms with Gasteiger partial charge in [-0.05, 0) is 105 Å². The van der Waals surface area contributed by atoms with Crippen LogP contribution in [0.3, 0.4) is 0 Å². The van der Waals surface area contributed by atoms with Gasteiger partial charge in [0.2, 0.25) is 5.88 Å². The molecular weight excluding hydrogens is 552 g/mol. The van der Waals surface area contributed by atoms with Gasteiger partial charge in [-0.3, -0.25) is 0 Å². The Hall–Kier alpha value is -3.84. The van der Waals surface area contributed by atoms with Gasteiger partial charge in [0.1, 0.15) is 24.8 Å². The third kappa shape index (κ3) is 6.17. The molecular formula is C31H24BrF2NO3. The summed E-state index contributed by atoms with van der Waals surface area (Å²) in [5.74, 6) is -0.567. The highest BCUT2D eigenvalue weighted by Gasteiger charge is 2.22. The highest BCUT2D eigenvalue weighted by Crippen LogP contribution is 2.43. The summed E-state index contributed by atoms with van der Waals surface area (Å²) in [6, 6.07) is 21.5. The van der Waals surface area contributed by atoms with Crippen molar-refractivity contribution in [2.45, 2.75) is 32.5 Å². The van der Waals surface area contributed by atoms with Crippen LogP contribution >= 0.6 is 15.9 Å². The van der Waals surface area contributed by atoms with E-state index in [0.717, 1.165) is 51.6 Å². The third-order valence-corrected chi connectivity index (χ3v) is 6.81. The lowest BCUT2D eigenvalue weighted by Gasteiger charge is -2.14. The number of allylic oxidation sites excluding steroid dienone is 2. The number of ether oxygens (including phenoxy) is 2. The lowest BCUT2D eigenvalue weighted by Crippen LogP contribution is -2.06. The average Bonchev–Trinajstić information content (AvgIpc) is 3.43. The van der Waals surface area contributed by atoms with E-state index in [0.29, 0.717) is 17.0 Å². The van der Waals surface area contributed by atoms with Gasteiger partial charge in [0.15, 0.2) is 0 Å². The number of hydrogen-bond donors (Lipinski definition) is 0. The third-order valence-electron chi connectivity index (χ3n) is 6.38. The van der Waals surface area contributed by atoms with E-state index in [1.165, 1.54) is 24.3 Å². The Morgan fingerprint density at radius 2 is 1.50 bits per heavy atom. The van der Waals surface area contributed by atoms with Crippen LogP contribution in [0, 0.1) is 11.6 Å². The van der Waals surface area contributed by atoms with Crippen molar-refractivity contribution in [2.75, 3.05) is 0 Å². The number of rotatable bonds is 8. The number of esters is 1. The Balaban J connectivity index is 1.38. The van der Waals surface area contributed by atoms with Crippen LogP contribution in [-0.4, -0.2) is 11.0 Å². The molecule has 4 aromatic rings. The van der Waals surface area contributed by atoms with Gasteiger partial charge in [0, 0.05) is 16.2 Å². The van der Waals surface area contributed by atoms with Crippen molar-refractivity contribution in [3.05, 3.63) is 129 Å². The van der Waals surface area contributed by atoms with Gasteiger partial charge in [0.05, 0.1) is 5.56 Å². The fourth-order valence-corrected chi connectivity index (χ4v) is 4.83. The van der Waals surface area contributed by atoms with Crippen molar-refractivity contribution in [3.8, 4) is 5.88 Å². The molecule has 1 heterocycles. The van der Waals surface area contributed by atoms with Crippen LogP contribution in [-0.2, 0) is 18.0 Å². The average molecular weight is 576 g/mol. The van der Waals surface area contributed by atoms with Gasteiger partial charge in [-0.2, -0.15) is 0 Å². The summed E-state index contributed by atoms with van der Waals surface area (Å²) in [5.41, 5.74) is 6.08. The van der Waals surface area contributed by atoms with Crippen molar-refractivity contribution in [1.29, 1.82) is 0 Å². The fourth-order valence-electron chi connectivity index (χ4n) is 4.50. The highest BCUT2D eigenvalue weighted by atomic mass is 79.9. The summed E-state index contributed by atoms with van der Waals surface area (Å²) in [6.45, 7) is 0.329. The Kier molecular flexibility index (Phi) is 7.94. The van der Waals surface area contributed by atoms with Crippen molar-refractivity contribution in [2.24, 2.45) is 0 Å². The Morgan fingerprint density at radius 1 is 0.842 bits per heavy atom. The monoisotopic (exact) mass is 575 g/mol. The summed E-state index contributed by atoms with van der Waals surface area (Å²) in [5, 5.41) is 0. The van der Waals surface area contributed by atoms with Crippen LogP contribution in [0.4, 0.5) is 8.78 Å². The predicted octanol–water partition coefficient (Wildman–Crippen LogP) is 8.15. The van der Waals surface area contributed by atoms with Crippen molar-refractivity contribution < 1.29 is 23.0 Å². The smallest absolute Gasteiger partial charge is 0.338 e. The van der Waals surface area contributed by atoms with Gasteiger partial charge >= 0.3 is 5.97 Å². The number of carbonyl (C=O) groups is 1. The topological polar surface area (TPSA) is 48.4 Å². The summed E-state index contributed by atoms with van der Waals surface area (Å²) in [6.07, 6.45) is 4.36. The molecule has 1 aliphatic carbocycles. The van der Waals surface area contributed by atoms with E-state index >= 15 is 0 Å². The molecule has 0 saturated carbocycles. The molecule has 192 valence electrons. The van der Waals surface area contributed by atoms with Gasteiger partial charge in [0.25, 0.3) is 0 Å². The lowest BCUT2D eigenvalue weighted by atomic mass is 9.96. The Bertz CT molecular complexity index is 1480. The molecule has 0 unspecified atom stereocenters. The molecule has 0 bridgehead atoms. The molecule has 0 radical (unpaired) electrons. The molecule has 4 nitrogen and oxygen atoms in total. The van der Waals surface area contributed by atoms with Gasteiger partial charge in [-0.15, -0.1) is 0 Å². The van der Waals surface area contributed by atoms with Crippen molar-refractivity contribution >= 4 is 33.0 Å². The molecule has 0 atom stereocenters. The quantitative estimate of drug-likeness (QED) is 0.199. The first-order valence-electron chi connectivity index (χ1n) is 12.2. The number of pyridine rings is 1. The summed E-state index contributed by atoms with van der Waals surface area (Å²) < 4.78 is 38.8. The van der Waals surface area contributed by atoms with E-state index in [4.69, 9.17) is 9.47 Å². The molecule has 0 aliphatic heterocycles. The predicted molar refractivity (Wildman–Crippen MR) is 145 cm³/mol. The largest absolute Gasteiger partial charge is 0.472 e. The second-order valence-corrected chi connectivity index (χ2v) is 9.93. The Labute approximate surface area is 228 Å². The number of carbonyl (C=O) groups excluding carboxylic acids is 1. The van der Waals surface area contributed by atoms with Gasteiger partial charge in [-0.1, -0.05) is 36.4 Å². The normalized spacial score (nSPS) is 13.0. The Morgan fingerprint density at radius 3 is 2.21 bits per heavy atom. The molecule has 7 heteroatoms. The maximum Gasteiger partial charge on any atom is 0.338 e. The maximum absolute atomic E-state index is 13.3. The van der Waals surface area contributed by atoms with Gasteiger partial charge in [-0.25, -0.2) is 18.6 Å².